The Balaban J connectivity index is 1.49. The van der Waals surface area contributed by atoms with Crippen LogP contribution in [0.3, 0.4) is 0 Å². The number of piperazine rings is 1. The molecule has 2 N–H and O–H groups in total. The number of likely N-dealkylation sites (N-methyl/N-ethyl adjacent to an activating group) is 1. The lowest BCUT2D eigenvalue weighted by Crippen LogP contribution is -2.56. The molecule has 1 saturated carbocycles. The topological polar surface area (TPSA) is 117 Å². The normalized spacial score (nSPS) is 18.3. The van der Waals surface area contributed by atoms with Gasteiger partial charge in [-0.2, -0.15) is 5.10 Å². The number of hydrogen-bond donors (Lipinski definition) is 2. The number of carbonyl (C=O) groups excluding carboxylic acids is 4. The molecule has 1 aliphatic carbocycles. The number of nitrogens with one attached hydrogen (secondary N) is 2. The van der Waals surface area contributed by atoms with E-state index in [-0.39, 0.29) is 41.8 Å². The number of ketones is 1. The Morgan fingerprint density at radius 2 is 1.59 bits per heavy atom. The van der Waals surface area contributed by atoms with Crippen molar-refractivity contribution >= 4 is 23.5 Å². The molecule has 1 aromatic carbocycles. The molecule has 4 rings (SSSR count). The van der Waals surface area contributed by atoms with Gasteiger partial charge in [0.05, 0.1) is 6.04 Å². The average molecular weight is 607 g/mol. The predicted octanol–water partition coefficient (Wildman–Crippen LogP) is 3.56. The van der Waals surface area contributed by atoms with Crippen LogP contribution in [-0.2, 0) is 27.3 Å². The van der Waals surface area contributed by atoms with E-state index in [4.69, 9.17) is 0 Å². The zero-order valence-electron chi connectivity index (χ0n) is 26.9. The summed E-state index contributed by atoms with van der Waals surface area (Å²) in [6, 6.07) is 8.34. The van der Waals surface area contributed by atoms with Gasteiger partial charge in [-0.15, -0.1) is 0 Å². The summed E-state index contributed by atoms with van der Waals surface area (Å²) in [6.45, 7) is 9.24. The fraction of sp³-hybridized carbons (Fsp3) is 0.618. The molecule has 10 heteroatoms. The van der Waals surface area contributed by atoms with Crippen LogP contribution >= 0.6 is 0 Å². The van der Waals surface area contributed by atoms with Crippen molar-refractivity contribution in [3.05, 3.63) is 53.3 Å². The van der Waals surface area contributed by atoms with Crippen molar-refractivity contribution in [2.45, 2.75) is 96.7 Å². The fourth-order valence-corrected chi connectivity index (χ4v) is 6.61. The number of amides is 3. The van der Waals surface area contributed by atoms with Crippen LogP contribution in [-0.4, -0.2) is 88.4 Å². The number of nitrogens with zero attached hydrogens (tertiary/aromatic N) is 4. The van der Waals surface area contributed by atoms with Gasteiger partial charge in [0.25, 0.3) is 5.91 Å². The van der Waals surface area contributed by atoms with Gasteiger partial charge < -0.3 is 20.4 Å². The molecule has 240 valence electrons. The number of Topliss-reactive ketones (excluding diaryl/α,β-unsaturated/α-hetero) is 1. The molecule has 2 heterocycles. The molecular weight excluding hydrogens is 556 g/mol. The Bertz CT molecular complexity index is 1260. The lowest BCUT2D eigenvalue weighted by atomic mass is 9.81. The Hall–Kier alpha value is -3.53. The molecule has 10 nitrogen and oxygen atoms in total. The third-order valence-corrected chi connectivity index (χ3v) is 9.35. The molecule has 0 radical (unpaired) electrons. The molecule has 0 unspecified atom stereocenters. The zero-order valence-corrected chi connectivity index (χ0v) is 26.9. The molecule has 2 aromatic rings. The lowest BCUT2D eigenvalue weighted by Gasteiger charge is -2.37. The molecule has 3 amide bonds. The minimum atomic E-state index is -0.647. The summed E-state index contributed by atoms with van der Waals surface area (Å²) < 4.78 is 1.64. The van der Waals surface area contributed by atoms with Crippen LogP contribution in [0, 0.1) is 5.92 Å². The van der Waals surface area contributed by atoms with E-state index in [2.05, 4.69) is 20.6 Å². The smallest absolute Gasteiger partial charge is 0.270 e. The van der Waals surface area contributed by atoms with Crippen molar-refractivity contribution in [3.8, 4) is 0 Å². The van der Waals surface area contributed by atoms with E-state index in [1.807, 2.05) is 50.1 Å². The largest absolute Gasteiger partial charge is 0.344 e. The summed E-state index contributed by atoms with van der Waals surface area (Å²) in [4.78, 5) is 57.2. The second-order valence-electron chi connectivity index (χ2n) is 12.3. The summed E-state index contributed by atoms with van der Waals surface area (Å²) in [5, 5.41) is 10.3. The van der Waals surface area contributed by atoms with Gasteiger partial charge in [-0.05, 0) is 56.3 Å². The van der Waals surface area contributed by atoms with Gasteiger partial charge in [-0.1, -0.05) is 57.4 Å². The van der Waals surface area contributed by atoms with Crippen molar-refractivity contribution in [1.29, 1.82) is 0 Å². The van der Waals surface area contributed by atoms with E-state index in [1.54, 1.807) is 23.9 Å². The van der Waals surface area contributed by atoms with Crippen molar-refractivity contribution in [2.75, 3.05) is 33.2 Å². The summed E-state index contributed by atoms with van der Waals surface area (Å²) in [5.74, 6) is -0.520. The number of aryl methyl sites for hydroxylation is 1. The standard InChI is InChI=1S/C34H50N6O4/c1-5-27(32(36-30(42)6-2)34(44)39-21-19-38(4)20-22-39)25-15-13-24(14-16-25)23-29(41)31(26-11-9-8-10-12-26)37-33(43)28-17-18-35-40(28)7-3/h13-18,26-27,31-32H,5-12,19-23H2,1-4H3,(H,36,42)(H,37,43)/t27-,31-,32+/m0/s1. The molecule has 1 aliphatic heterocycles. The van der Waals surface area contributed by atoms with E-state index in [1.165, 1.54) is 0 Å². The Kier molecular flexibility index (Phi) is 12.1. The molecule has 0 bridgehead atoms. The summed E-state index contributed by atoms with van der Waals surface area (Å²) in [6.07, 6.45) is 7.94. The lowest BCUT2D eigenvalue weighted by molar-refractivity contribution is -0.138. The van der Waals surface area contributed by atoms with Crippen molar-refractivity contribution in [2.24, 2.45) is 5.92 Å². The monoisotopic (exact) mass is 606 g/mol. The average Bonchev–Trinajstić information content (AvgIpc) is 3.54. The van der Waals surface area contributed by atoms with E-state index in [0.717, 1.165) is 56.3 Å². The zero-order chi connectivity index (χ0) is 31.6. The van der Waals surface area contributed by atoms with E-state index < -0.39 is 12.1 Å². The van der Waals surface area contributed by atoms with Gasteiger partial charge in [-0.25, -0.2) is 0 Å². The molecule has 2 fully saturated rings. The third-order valence-electron chi connectivity index (χ3n) is 9.35. The summed E-state index contributed by atoms with van der Waals surface area (Å²) in [7, 11) is 2.05. The van der Waals surface area contributed by atoms with Gasteiger partial charge in [-0.3, -0.25) is 23.9 Å². The molecule has 2 aliphatic rings. The third kappa shape index (κ3) is 8.34. The second kappa shape index (κ2) is 16.0. The number of aromatic nitrogens is 2. The quantitative estimate of drug-likeness (QED) is 0.360. The van der Waals surface area contributed by atoms with E-state index >= 15 is 0 Å². The van der Waals surface area contributed by atoms with Gasteiger partial charge in [0, 0.05) is 57.7 Å². The highest BCUT2D eigenvalue weighted by atomic mass is 16.2. The minimum Gasteiger partial charge on any atom is -0.344 e. The van der Waals surface area contributed by atoms with Gasteiger partial charge in [0.15, 0.2) is 5.78 Å². The number of carbonyl (C=O) groups is 4. The van der Waals surface area contributed by atoms with Crippen LogP contribution in [0.2, 0.25) is 0 Å². The van der Waals surface area contributed by atoms with Crippen LogP contribution in [0.5, 0.6) is 0 Å². The Labute approximate surface area is 261 Å². The Morgan fingerprint density at radius 3 is 2.20 bits per heavy atom. The number of rotatable bonds is 13. The highest BCUT2D eigenvalue weighted by molar-refractivity contribution is 5.97. The maximum atomic E-state index is 13.8. The number of benzene rings is 1. The molecule has 1 aromatic heterocycles. The Morgan fingerprint density at radius 1 is 0.909 bits per heavy atom. The highest BCUT2D eigenvalue weighted by Crippen LogP contribution is 2.29. The first-order valence-corrected chi connectivity index (χ1v) is 16.5. The van der Waals surface area contributed by atoms with Gasteiger partial charge in [0.2, 0.25) is 11.8 Å². The maximum Gasteiger partial charge on any atom is 0.270 e. The van der Waals surface area contributed by atoms with Crippen LogP contribution in [0.1, 0.15) is 93.3 Å². The second-order valence-corrected chi connectivity index (χ2v) is 12.3. The maximum absolute atomic E-state index is 13.8. The van der Waals surface area contributed by atoms with Crippen LogP contribution in [0.4, 0.5) is 0 Å². The molecular formula is C34H50N6O4. The van der Waals surface area contributed by atoms with Crippen molar-refractivity contribution in [3.63, 3.8) is 0 Å². The van der Waals surface area contributed by atoms with Crippen LogP contribution in [0.15, 0.2) is 36.5 Å². The summed E-state index contributed by atoms with van der Waals surface area (Å²) in [5.41, 5.74) is 2.28. The SMILES string of the molecule is CCC(=O)N[C@@H](C(=O)N1CCN(C)CC1)[C@@H](CC)c1ccc(CC(=O)[C@@H](NC(=O)c2ccnn2CC)C2CCCCC2)cc1. The number of hydrogen-bond acceptors (Lipinski definition) is 6. The molecule has 0 spiro atoms. The van der Waals surface area contributed by atoms with Crippen molar-refractivity contribution < 1.29 is 19.2 Å². The highest BCUT2D eigenvalue weighted by Gasteiger charge is 2.35. The van der Waals surface area contributed by atoms with Crippen molar-refractivity contribution in [1.82, 2.24) is 30.2 Å². The minimum absolute atomic E-state index is 0.00550. The molecule has 1 saturated heterocycles. The van der Waals surface area contributed by atoms with E-state index in [0.29, 0.717) is 38.2 Å². The first-order valence-electron chi connectivity index (χ1n) is 16.5. The predicted molar refractivity (Wildman–Crippen MR) is 170 cm³/mol. The van der Waals surface area contributed by atoms with Crippen LogP contribution in [0.25, 0.3) is 0 Å². The van der Waals surface area contributed by atoms with E-state index in [9.17, 15) is 19.2 Å². The van der Waals surface area contributed by atoms with Gasteiger partial charge in [0.1, 0.15) is 11.7 Å². The first-order chi connectivity index (χ1) is 21.2. The van der Waals surface area contributed by atoms with Crippen LogP contribution < -0.4 is 10.6 Å². The molecule has 44 heavy (non-hydrogen) atoms. The summed E-state index contributed by atoms with van der Waals surface area (Å²) >= 11 is 0. The first kappa shape index (κ1) is 33.4. The molecule has 3 atom stereocenters. The van der Waals surface area contributed by atoms with Gasteiger partial charge >= 0.3 is 0 Å². The fourth-order valence-electron chi connectivity index (χ4n) is 6.61.